The molecule has 4 heteroatoms. The lowest BCUT2D eigenvalue weighted by molar-refractivity contribution is 0.181. The van der Waals surface area contributed by atoms with Gasteiger partial charge in [0.2, 0.25) is 0 Å². The second-order valence-electron chi connectivity index (χ2n) is 4.04. The molecule has 1 heterocycles. The maximum atomic E-state index is 10.2. The van der Waals surface area contributed by atoms with Crippen molar-refractivity contribution in [3.05, 3.63) is 46.5 Å². The van der Waals surface area contributed by atoms with Crippen LogP contribution < -0.4 is 0 Å². The number of benzene rings is 1. The zero-order chi connectivity index (χ0) is 12.1. The molecule has 0 aliphatic carbocycles. The first kappa shape index (κ1) is 12.2. The number of rotatable bonds is 5. The van der Waals surface area contributed by atoms with Gasteiger partial charge in [-0.1, -0.05) is 48.2 Å². The Morgan fingerprint density at radius 3 is 2.76 bits per heavy atom. The van der Waals surface area contributed by atoms with Crippen molar-refractivity contribution in [3.8, 4) is 0 Å². The van der Waals surface area contributed by atoms with Gasteiger partial charge in [-0.25, -0.2) is 0 Å². The summed E-state index contributed by atoms with van der Waals surface area (Å²) in [5.74, 6) is 0. The number of aliphatic hydroxyl groups is 1. The van der Waals surface area contributed by atoms with Crippen molar-refractivity contribution in [1.82, 2.24) is 9.59 Å². The van der Waals surface area contributed by atoms with Crippen molar-refractivity contribution < 1.29 is 5.11 Å². The van der Waals surface area contributed by atoms with Gasteiger partial charge < -0.3 is 5.11 Å². The van der Waals surface area contributed by atoms with Crippen LogP contribution >= 0.6 is 11.5 Å². The van der Waals surface area contributed by atoms with Gasteiger partial charge in [-0.3, -0.25) is 0 Å². The zero-order valence-corrected chi connectivity index (χ0v) is 10.7. The molecule has 1 N–H and O–H groups in total. The van der Waals surface area contributed by atoms with Crippen LogP contribution in [-0.4, -0.2) is 14.7 Å². The quantitative estimate of drug-likeness (QED) is 0.885. The first-order valence-corrected chi connectivity index (χ1v) is 6.61. The molecule has 0 spiro atoms. The summed E-state index contributed by atoms with van der Waals surface area (Å²) >= 11 is 1.31. The minimum Gasteiger partial charge on any atom is -0.387 e. The third kappa shape index (κ3) is 3.11. The van der Waals surface area contributed by atoms with Crippen LogP contribution in [-0.2, 0) is 12.8 Å². The molecule has 3 nitrogen and oxygen atoms in total. The molecular formula is C13H16N2OS. The fourth-order valence-electron chi connectivity index (χ4n) is 1.81. The molecule has 0 amide bonds. The van der Waals surface area contributed by atoms with E-state index in [1.165, 1.54) is 11.5 Å². The zero-order valence-electron chi connectivity index (χ0n) is 9.84. The van der Waals surface area contributed by atoms with E-state index in [2.05, 4.69) is 16.5 Å². The second kappa shape index (κ2) is 5.89. The molecule has 1 atom stereocenters. The fraction of sp³-hybridized carbons (Fsp3) is 0.385. The monoisotopic (exact) mass is 248 g/mol. The van der Waals surface area contributed by atoms with Crippen molar-refractivity contribution in [2.75, 3.05) is 0 Å². The van der Waals surface area contributed by atoms with Crippen molar-refractivity contribution in [1.29, 1.82) is 0 Å². The van der Waals surface area contributed by atoms with Crippen LogP contribution in [0.25, 0.3) is 0 Å². The van der Waals surface area contributed by atoms with Crippen molar-refractivity contribution in [2.24, 2.45) is 0 Å². The van der Waals surface area contributed by atoms with Crippen LogP contribution in [0, 0.1) is 0 Å². The van der Waals surface area contributed by atoms with Gasteiger partial charge in [0.05, 0.1) is 16.7 Å². The lowest BCUT2D eigenvalue weighted by atomic mass is 10.1. The minimum absolute atomic E-state index is 0.487. The van der Waals surface area contributed by atoms with E-state index in [-0.39, 0.29) is 0 Å². The molecule has 2 aromatic rings. The van der Waals surface area contributed by atoms with E-state index in [0.29, 0.717) is 6.42 Å². The fourth-order valence-corrected chi connectivity index (χ4v) is 2.49. The molecule has 1 unspecified atom stereocenters. The highest BCUT2D eigenvalue weighted by Crippen LogP contribution is 2.24. The Morgan fingerprint density at radius 1 is 1.29 bits per heavy atom. The van der Waals surface area contributed by atoms with Gasteiger partial charge >= 0.3 is 0 Å². The summed E-state index contributed by atoms with van der Waals surface area (Å²) in [5, 5.41) is 14.3. The number of hydrogen-bond acceptors (Lipinski definition) is 4. The number of hydrogen-bond donors (Lipinski definition) is 1. The topological polar surface area (TPSA) is 46.0 Å². The molecule has 2 rings (SSSR count). The van der Waals surface area contributed by atoms with Gasteiger partial charge in [0.1, 0.15) is 0 Å². The van der Waals surface area contributed by atoms with E-state index in [1.54, 1.807) is 0 Å². The molecule has 0 radical (unpaired) electrons. The van der Waals surface area contributed by atoms with Gasteiger partial charge in [0.15, 0.2) is 0 Å². The highest BCUT2D eigenvalue weighted by Gasteiger charge is 2.16. The molecule has 0 saturated heterocycles. The van der Waals surface area contributed by atoms with Gasteiger partial charge in [-0.05, 0) is 23.5 Å². The maximum Gasteiger partial charge on any atom is 0.0957 e. The highest BCUT2D eigenvalue weighted by atomic mass is 32.1. The molecule has 17 heavy (non-hydrogen) atoms. The molecule has 0 saturated carbocycles. The Balaban J connectivity index is 2.09. The molecule has 90 valence electrons. The number of nitrogens with zero attached hydrogens (tertiary/aromatic N) is 2. The Morgan fingerprint density at radius 2 is 2.06 bits per heavy atom. The average molecular weight is 248 g/mol. The van der Waals surface area contributed by atoms with Crippen LogP contribution in [0.2, 0.25) is 0 Å². The first-order chi connectivity index (χ1) is 8.31. The van der Waals surface area contributed by atoms with E-state index in [9.17, 15) is 5.11 Å². The molecule has 0 fully saturated rings. The molecule has 0 aliphatic heterocycles. The Kier molecular flexibility index (Phi) is 4.23. The molecule has 1 aromatic heterocycles. The first-order valence-electron chi connectivity index (χ1n) is 5.84. The predicted octanol–water partition coefficient (Wildman–Crippen LogP) is 2.77. The standard InChI is InChI=1S/C13H16N2OS/c1-2-6-11-13(17-15-14-11)12(16)9-10-7-4-3-5-8-10/h3-5,7-8,12,16H,2,6,9H2,1H3. The summed E-state index contributed by atoms with van der Waals surface area (Å²) in [6, 6.07) is 10.0. The Bertz CT molecular complexity index is 455. The van der Waals surface area contributed by atoms with Crippen molar-refractivity contribution >= 4 is 11.5 Å². The van der Waals surface area contributed by atoms with E-state index in [0.717, 1.165) is 29.0 Å². The van der Waals surface area contributed by atoms with E-state index >= 15 is 0 Å². The summed E-state index contributed by atoms with van der Waals surface area (Å²) in [4.78, 5) is 0.913. The molecule has 1 aromatic carbocycles. The van der Waals surface area contributed by atoms with E-state index in [1.807, 2.05) is 30.3 Å². The average Bonchev–Trinajstić information content (AvgIpc) is 2.79. The highest BCUT2D eigenvalue weighted by molar-refractivity contribution is 7.05. The SMILES string of the molecule is CCCc1nnsc1C(O)Cc1ccccc1. The van der Waals surface area contributed by atoms with Crippen LogP contribution in [0.15, 0.2) is 30.3 Å². The lowest BCUT2D eigenvalue weighted by Gasteiger charge is -2.09. The number of aliphatic hydroxyl groups excluding tert-OH is 1. The van der Waals surface area contributed by atoms with Gasteiger partial charge in [0, 0.05) is 6.42 Å². The van der Waals surface area contributed by atoms with Crippen LogP contribution in [0.3, 0.4) is 0 Å². The lowest BCUT2D eigenvalue weighted by Crippen LogP contribution is -2.03. The summed E-state index contributed by atoms with van der Waals surface area (Å²) in [6.07, 6.45) is 2.05. The number of aryl methyl sites for hydroxylation is 1. The normalized spacial score (nSPS) is 12.6. The summed E-state index contributed by atoms with van der Waals surface area (Å²) in [7, 11) is 0. The predicted molar refractivity (Wildman–Crippen MR) is 69.0 cm³/mol. The van der Waals surface area contributed by atoms with Crippen LogP contribution in [0.5, 0.6) is 0 Å². The Hall–Kier alpha value is -1.26. The van der Waals surface area contributed by atoms with Gasteiger partial charge in [-0.15, -0.1) is 5.10 Å². The minimum atomic E-state index is -0.487. The van der Waals surface area contributed by atoms with E-state index in [4.69, 9.17) is 0 Å². The Labute approximate surface area is 105 Å². The van der Waals surface area contributed by atoms with Crippen molar-refractivity contribution in [3.63, 3.8) is 0 Å². The smallest absolute Gasteiger partial charge is 0.0957 e. The summed E-state index contributed by atoms with van der Waals surface area (Å²) in [5.41, 5.74) is 2.08. The maximum absolute atomic E-state index is 10.2. The molecule has 0 bridgehead atoms. The number of aromatic nitrogens is 2. The van der Waals surface area contributed by atoms with E-state index < -0.39 is 6.10 Å². The van der Waals surface area contributed by atoms with Gasteiger partial charge in [-0.2, -0.15) is 0 Å². The third-order valence-corrected chi connectivity index (χ3v) is 3.51. The second-order valence-corrected chi connectivity index (χ2v) is 4.83. The van der Waals surface area contributed by atoms with Crippen molar-refractivity contribution in [2.45, 2.75) is 32.3 Å². The molecule has 0 aliphatic rings. The molecular weight excluding hydrogens is 232 g/mol. The largest absolute Gasteiger partial charge is 0.387 e. The van der Waals surface area contributed by atoms with Crippen LogP contribution in [0.4, 0.5) is 0 Å². The summed E-state index contributed by atoms with van der Waals surface area (Å²) < 4.78 is 3.94. The third-order valence-electron chi connectivity index (χ3n) is 2.65. The summed E-state index contributed by atoms with van der Waals surface area (Å²) in [6.45, 7) is 2.10. The van der Waals surface area contributed by atoms with Gasteiger partial charge in [0.25, 0.3) is 0 Å². The van der Waals surface area contributed by atoms with Crippen LogP contribution in [0.1, 0.15) is 35.6 Å².